The van der Waals surface area contributed by atoms with E-state index in [1.54, 1.807) is 0 Å². The molecule has 0 N–H and O–H groups in total. The van der Waals surface area contributed by atoms with Gasteiger partial charge in [0.05, 0.1) is 0 Å². The molecule has 76 heavy (non-hydrogen) atoms. The van der Waals surface area contributed by atoms with Crippen LogP contribution in [0.4, 0.5) is 0 Å². The normalized spacial score (nSPS) is 12.8. The van der Waals surface area contributed by atoms with Crippen molar-refractivity contribution in [2.45, 2.75) is 303 Å². The zero-order chi connectivity index (χ0) is 55.0. The van der Waals surface area contributed by atoms with Crippen molar-refractivity contribution >= 4 is 17.9 Å². The van der Waals surface area contributed by atoms with Crippen LogP contribution >= 0.6 is 0 Å². The van der Waals surface area contributed by atoms with E-state index in [0.29, 0.717) is 19.3 Å². The molecule has 0 heterocycles. The van der Waals surface area contributed by atoms with E-state index in [2.05, 4.69) is 130 Å². The van der Waals surface area contributed by atoms with E-state index in [4.69, 9.17) is 14.2 Å². The third kappa shape index (κ3) is 60.9. The predicted octanol–water partition coefficient (Wildman–Crippen LogP) is 21.8. The van der Waals surface area contributed by atoms with Crippen molar-refractivity contribution in [1.82, 2.24) is 0 Å². The Bertz CT molecular complexity index is 1540. The van der Waals surface area contributed by atoms with E-state index in [-0.39, 0.29) is 31.1 Å². The molecule has 0 aromatic carbocycles. The monoisotopic (exact) mass is 1050 g/mol. The van der Waals surface area contributed by atoms with Crippen molar-refractivity contribution < 1.29 is 28.6 Å². The van der Waals surface area contributed by atoms with E-state index in [1.165, 1.54) is 141 Å². The molecular formula is C70H118O6. The van der Waals surface area contributed by atoms with Crippen LogP contribution in [-0.4, -0.2) is 37.2 Å². The molecule has 1 atom stereocenters. The van der Waals surface area contributed by atoms with Crippen LogP contribution in [-0.2, 0) is 28.6 Å². The van der Waals surface area contributed by atoms with Gasteiger partial charge in [-0.2, -0.15) is 0 Å². The van der Waals surface area contributed by atoms with E-state index in [1.807, 2.05) is 0 Å². The Kier molecular flexibility index (Phi) is 60.3. The molecule has 0 saturated carbocycles. The number of unbranched alkanes of at least 4 members (excludes halogenated alkanes) is 28. The average molecular weight is 1060 g/mol. The number of esters is 3. The lowest BCUT2D eigenvalue weighted by atomic mass is 10.0. The second-order valence-electron chi connectivity index (χ2n) is 20.9. The van der Waals surface area contributed by atoms with Gasteiger partial charge in [-0.25, -0.2) is 0 Å². The van der Waals surface area contributed by atoms with E-state index < -0.39 is 6.10 Å². The van der Waals surface area contributed by atoms with Crippen LogP contribution in [0.25, 0.3) is 0 Å². The van der Waals surface area contributed by atoms with Crippen molar-refractivity contribution in [3.63, 3.8) is 0 Å². The van der Waals surface area contributed by atoms with Gasteiger partial charge in [-0.1, -0.05) is 278 Å². The number of carbonyl (C=O) groups is 3. The van der Waals surface area contributed by atoms with Crippen LogP contribution in [0.15, 0.2) is 109 Å². The largest absolute Gasteiger partial charge is 0.462 e. The molecule has 0 aromatic heterocycles. The Morgan fingerprint density at radius 2 is 0.513 bits per heavy atom. The van der Waals surface area contributed by atoms with Crippen molar-refractivity contribution in [1.29, 1.82) is 0 Å². The van der Waals surface area contributed by atoms with Crippen molar-refractivity contribution in [2.75, 3.05) is 13.2 Å². The number of allylic oxidation sites excluding steroid dienone is 18. The molecule has 0 bridgehead atoms. The SMILES string of the molecule is CC/C=C\C/C=C\C/C=C\C/C=C\C/C=C\C/C=C\C/C=C\C/C=C\CCCCC(=O)OCC(COC(=O)CCCCCCC/C=C\CCCCCCC)OC(=O)CCCCCCCCCCCCCCCCCCC. The van der Waals surface area contributed by atoms with Crippen LogP contribution in [0, 0.1) is 0 Å². The predicted molar refractivity (Wildman–Crippen MR) is 330 cm³/mol. The second-order valence-corrected chi connectivity index (χ2v) is 20.9. The Hall–Kier alpha value is -3.93. The molecular weight excluding hydrogens is 937 g/mol. The highest BCUT2D eigenvalue weighted by Gasteiger charge is 2.19. The van der Waals surface area contributed by atoms with Crippen LogP contribution in [0.2, 0.25) is 0 Å². The molecule has 0 spiro atoms. The van der Waals surface area contributed by atoms with Gasteiger partial charge in [0.2, 0.25) is 0 Å². The lowest BCUT2D eigenvalue weighted by molar-refractivity contribution is -0.167. The third-order valence-electron chi connectivity index (χ3n) is 13.5. The van der Waals surface area contributed by atoms with Gasteiger partial charge in [-0.15, -0.1) is 0 Å². The molecule has 0 radical (unpaired) electrons. The number of hydrogen-bond acceptors (Lipinski definition) is 6. The van der Waals surface area contributed by atoms with Gasteiger partial charge < -0.3 is 14.2 Å². The molecule has 6 heteroatoms. The highest BCUT2D eigenvalue weighted by atomic mass is 16.6. The fraction of sp³-hybridized carbons (Fsp3) is 0.700. The summed E-state index contributed by atoms with van der Waals surface area (Å²) >= 11 is 0. The molecule has 6 nitrogen and oxygen atoms in total. The zero-order valence-electron chi connectivity index (χ0n) is 49.7. The highest BCUT2D eigenvalue weighted by Crippen LogP contribution is 2.16. The van der Waals surface area contributed by atoms with Crippen LogP contribution in [0.5, 0.6) is 0 Å². The van der Waals surface area contributed by atoms with Crippen LogP contribution in [0.3, 0.4) is 0 Å². The fourth-order valence-corrected chi connectivity index (χ4v) is 8.75. The van der Waals surface area contributed by atoms with Crippen LogP contribution < -0.4 is 0 Å². The second kappa shape index (κ2) is 63.6. The fourth-order valence-electron chi connectivity index (χ4n) is 8.75. The molecule has 434 valence electrons. The molecule has 1 unspecified atom stereocenters. The highest BCUT2D eigenvalue weighted by molar-refractivity contribution is 5.71. The Morgan fingerprint density at radius 3 is 0.842 bits per heavy atom. The summed E-state index contributed by atoms with van der Waals surface area (Å²) in [6.07, 6.45) is 86.6. The quantitative estimate of drug-likeness (QED) is 0.0261. The first-order valence-electron chi connectivity index (χ1n) is 31.9. The van der Waals surface area contributed by atoms with E-state index >= 15 is 0 Å². The first-order valence-corrected chi connectivity index (χ1v) is 31.9. The third-order valence-corrected chi connectivity index (χ3v) is 13.5. The van der Waals surface area contributed by atoms with Crippen LogP contribution in [0.1, 0.15) is 297 Å². The Labute approximate surface area is 470 Å². The lowest BCUT2D eigenvalue weighted by Gasteiger charge is -2.18. The van der Waals surface area contributed by atoms with Crippen molar-refractivity contribution in [3.8, 4) is 0 Å². The van der Waals surface area contributed by atoms with Gasteiger partial charge >= 0.3 is 17.9 Å². The number of carbonyl (C=O) groups excluding carboxylic acids is 3. The molecule has 0 aliphatic rings. The smallest absolute Gasteiger partial charge is 0.306 e. The maximum absolute atomic E-state index is 12.9. The maximum atomic E-state index is 12.9. The minimum Gasteiger partial charge on any atom is -0.462 e. The first kappa shape index (κ1) is 72.1. The summed E-state index contributed by atoms with van der Waals surface area (Å²) in [6.45, 7) is 6.50. The van der Waals surface area contributed by atoms with Gasteiger partial charge in [0.25, 0.3) is 0 Å². The van der Waals surface area contributed by atoms with Crippen molar-refractivity contribution in [2.24, 2.45) is 0 Å². The summed E-state index contributed by atoms with van der Waals surface area (Å²) in [4.78, 5) is 38.3. The summed E-state index contributed by atoms with van der Waals surface area (Å²) in [5.41, 5.74) is 0. The van der Waals surface area contributed by atoms with Gasteiger partial charge in [-0.3, -0.25) is 14.4 Å². The summed E-state index contributed by atoms with van der Waals surface area (Å²) in [5, 5.41) is 0. The molecule has 0 aliphatic carbocycles. The summed E-state index contributed by atoms with van der Waals surface area (Å²) in [7, 11) is 0. The standard InChI is InChI=1S/C70H118O6/c1-4-7-10-13-16-19-22-25-28-30-31-32-33-34-35-36-37-38-39-41-42-45-48-51-54-57-60-63-69(72)75-66-67(65-74-68(71)62-59-56-53-50-47-44-27-24-21-18-15-12-9-6-3)76-70(73)64-61-58-55-52-49-46-43-40-29-26-23-20-17-14-11-8-5-2/h7,10,16,19,24-25,27-28,31-32,34-35,37-38,41-42,48,51,67H,4-6,8-9,11-15,17-18,20-23,26,29-30,33,36,39-40,43-47,49-50,52-66H2,1-3H3/b10-7-,19-16-,27-24-,28-25-,32-31-,35-34-,38-37-,42-41-,51-48-. The molecule has 0 rings (SSSR count). The molecule has 0 aliphatic heterocycles. The lowest BCUT2D eigenvalue weighted by Crippen LogP contribution is -2.30. The molecule has 0 aromatic rings. The molecule has 0 fully saturated rings. The topological polar surface area (TPSA) is 78.9 Å². The number of hydrogen-bond donors (Lipinski definition) is 0. The Morgan fingerprint density at radius 1 is 0.276 bits per heavy atom. The number of rotatable bonds is 57. The van der Waals surface area contributed by atoms with E-state index in [0.717, 1.165) is 116 Å². The van der Waals surface area contributed by atoms with Gasteiger partial charge in [-0.05, 0) is 109 Å². The Balaban J connectivity index is 4.43. The minimum absolute atomic E-state index is 0.0948. The zero-order valence-corrected chi connectivity index (χ0v) is 49.7. The number of ether oxygens (including phenoxy) is 3. The first-order chi connectivity index (χ1) is 37.5. The summed E-state index contributed by atoms with van der Waals surface area (Å²) < 4.78 is 16.9. The van der Waals surface area contributed by atoms with Gasteiger partial charge in [0.15, 0.2) is 6.10 Å². The van der Waals surface area contributed by atoms with Gasteiger partial charge in [0, 0.05) is 19.3 Å². The minimum atomic E-state index is -0.800. The summed E-state index contributed by atoms with van der Waals surface area (Å²) in [5.74, 6) is -0.939. The van der Waals surface area contributed by atoms with Crippen molar-refractivity contribution in [3.05, 3.63) is 109 Å². The molecule has 0 saturated heterocycles. The maximum Gasteiger partial charge on any atom is 0.306 e. The summed E-state index contributed by atoms with van der Waals surface area (Å²) in [6, 6.07) is 0. The molecule has 0 amide bonds. The van der Waals surface area contributed by atoms with Gasteiger partial charge in [0.1, 0.15) is 13.2 Å². The van der Waals surface area contributed by atoms with E-state index in [9.17, 15) is 14.4 Å². The average Bonchev–Trinajstić information content (AvgIpc) is 3.42.